The fourth-order valence-electron chi connectivity index (χ4n) is 1.06. The highest BCUT2D eigenvalue weighted by Gasteiger charge is 2.16. The van der Waals surface area contributed by atoms with Crippen molar-refractivity contribution in [3.63, 3.8) is 0 Å². The highest BCUT2D eigenvalue weighted by Crippen LogP contribution is 2.26. The summed E-state index contributed by atoms with van der Waals surface area (Å²) in [5, 5.41) is 10.6. The number of nitrogens with zero attached hydrogens (tertiary/aromatic N) is 1. The van der Waals surface area contributed by atoms with Gasteiger partial charge in [-0.15, -0.1) is 0 Å². The molecule has 2 N–H and O–H groups in total. The zero-order valence-electron chi connectivity index (χ0n) is 7.03. The van der Waals surface area contributed by atoms with E-state index < -0.39 is 4.92 Å². The number of nitro groups is 1. The predicted octanol–water partition coefficient (Wildman–Crippen LogP) is 2.38. The molecule has 0 saturated heterocycles. The van der Waals surface area contributed by atoms with Gasteiger partial charge in [-0.05, 0) is 19.1 Å². The Bertz CT molecular complexity index is 339. The Morgan fingerprint density at radius 2 is 2.23 bits per heavy atom. The van der Waals surface area contributed by atoms with Gasteiger partial charge in [0.05, 0.1) is 4.92 Å². The summed E-state index contributed by atoms with van der Waals surface area (Å²) in [5.41, 5.74) is 6.19. The van der Waals surface area contributed by atoms with Crippen LogP contribution in [0.4, 0.5) is 5.69 Å². The second-order valence-corrected chi connectivity index (χ2v) is 3.66. The number of hydrogen-bond acceptors (Lipinski definition) is 3. The first-order valence-electron chi connectivity index (χ1n) is 3.72. The van der Waals surface area contributed by atoms with Crippen LogP contribution >= 0.6 is 15.9 Å². The molecular weight excluding hydrogens is 236 g/mol. The third-order valence-corrected chi connectivity index (χ3v) is 2.17. The van der Waals surface area contributed by atoms with Crippen LogP contribution in [0.5, 0.6) is 0 Å². The van der Waals surface area contributed by atoms with Gasteiger partial charge in [0.1, 0.15) is 0 Å². The molecule has 0 bridgehead atoms. The minimum atomic E-state index is -0.427. The number of nitrogens with two attached hydrogens (primary N) is 1. The number of hydrogen-bond donors (Lipinski definition) is 1. The molecule has 1 atom stereocenters. The quantitative estimate of drug-likeness (QED) is 0.642. The SMILES string of the molecule is CC(N)c1ccc(Br)cc1[N+](=O)[O-]. The smallest absolute Gasteiger partial charge is 0.275 e. The molecule has 1 rings (SSSR count). The summed E-state index contributed by atoms with van der Waals surface area (Å²) in [5.74, 6) is 0. The van der Waals surface area contributed by atoms with E-state index in [1.54, 1.807) is 19.1 Å². The number of halogens is 1. The highest BCUT2D eigenvalue weighted by atomic mass is 79.9. The summed E-state index contributed by atoms with van der Waals surface area (Å²) in [4.78, 5) is 10.2. The van der Waals surface area contributed by atoms with Gasteiger partial charge in [0.25, 0.3) is 5.69 Å². The van der Waals surface area contributed by atoms with Crippen LogP contribution in [0.3, 0.4) is 0 Å². The molecule has 1 unspecified atom stereocenters. The maximum absolute atomic E-state index is 10.6. The monoisotopic (exact) mass is 244 g/mol. The van der Waals surface area contributed by atoms with Gasteiger partial charge in [-0.3, -0.25) is 10.1 Å². The van der Waals surface area contributed by atoms with E-state index in [1.807, 2.05) is 0 Å². The Morgan fingerprint density at radius 1 is 1.62 bits per heavy atom. The number of nitro benzene ring substituents is 1. The first-order valence-corrected chi connectivity index (χ1v) is 4.51. The summed E-state index contributed by atoms with van der Waals surface area (Å²) in [6.45, 7) is 1.72. The topological polar surface area (TPSA) is 69.2 Å². The molecule has 0 heterocycles. The molecule has 1 aromatic rings. The van der Waals surface area contributed by atoms with E-state index in [-0.39, 0.29) is 11.7 Å². The van der Waals surface area contributed by atoms with Crippen molar-refractivity contribution in [2.45, 2.75) is 13.0 Å². The number of rotatable bonds is 2. The lowest BCUT2D eigenvalue weighted by molar-refractivity contribution is -0.385. The van der Waals surface area contributed by atoms with Crippen LogP contribution in [-0.2, 0) is 0 Å². The second-order valence-electron chi connectivity index (χ2n) is 2.75. The van der Waals surface area contributed by atoms with Crippen LogP contribution < -0.4 is 5.73 Å². The molecule has 0 spiro atoms. The molecule has 13 heavy (non-hydrogen) atoms. The van der Waals surface area contributed by atoms with Crippen molar-refractivity contribution in [2.75, 3.05) is 0 Å². The molecule has 0 radical (unpaired) electrons. The Kier molecular flexibility index (Phi) is 3.00. The van der Waals surface area contributed by atoms with Gasteiger partial charge < -0.3 is 5.73 Å². The fraction of sp³-hybridized carbons (Fsp3) is 0.250. The lowest BCUT2D eigenvalue weighted by Gasteiger charge is -2.05. The Labute approximate surface area is 84.0 Å². The van der Waals surface area contributed by atoms with Crippen molar-refractivity contribution in [2.24, 2.45) is 5.73 Å². The maximum atomic E-state index is 10.6. The summed E-state index contributed by atoms with van der Waals surface area (Å²) in [6, 6.07) is 4.53. The third-order valence-electron chi connectivity index (χ3n) is 1.68. The average Bonchev–Trinajstić information content (AvgIpc) is 2.03. The first kappa shape index (κ1) is 10.1. The van der Waals surface area contributed by atoms with Gasteiger partial charge in [-0.1, -0.05) is 15.9 Å². The van der Waals surface area contributed by atoms with E-state index in [1.165, 1.54) is 6.07 Å². The van der Waals surface area contributed by atoms with E-state index in [0.717, 1.165) is 0 Å². The lowest BCUT2D eigenvalue weighted by Crippen LogP contribution is -2.07. The minimum Gasteiger partial charge on any atom is -0.324 e. The van der Waals surface area contributed by atoms with Gasteiger partial charge in [-0.25, -0.2) is 0 Å². The predicted molar refractivity (Wildman–Crippen MR) is 53.4 cm³/mol. The Balaban J connectivity index is 3.27. The van der Waals surface area contributed by atoms with Gasteiger partial charge in [0, 0.05) is 22.1 Å². The van der Waals surface area contributed by atoms with Crippen molar-refractivity contribution in [1.82, 2.24) is 0 Å². The molecule has 0 saturated carbocycles. The van der Waals surface area contributed by atoms with Crippen LogP contribution in [0.1, 0.15) is 18.5 Å². The van der Waals surface area contributed by atoms with Crippen LogP contribution in [-0.4, -0.2) is 4.92 Å². The molecule has 0 fully saturated rings. The van der Waals surface area contributed by atoms with E-state index in [2.05, 4.69) is 15.9 Å². The van der Waals surface area contributed by atoms with Gasteiger partial charge in [-0.2, -0.15) is 0 Å². The lowest BCUT2D eigenvalue weighted by atomic mass is 10.1. The van der Waals surface area contributed by atoms with Crippen molar-refractivity contribution in [3.8, 4) is 0 Å². The van der Waals surface area contributed by atoms with Crippen molar-refractivity contribution < 1.29 is 4.92 Å². The first-order chi connectivity index (χ1) is 6.02. The fourth-order valence-corrected chi connectivity index (χ4v) is 1.41. The van der Waals surface area contributed by atoms with Gasteiger partial charge >= 0.3 is 0 Å². The Morgan fingerprint density at radius 3 is 2.69 bits per heavy atom. The molecule has 0 aromatic heterocycles. The maximum Gasteiger partial charge on any atom is 0.275 e. The molecular formula is C8H9BrN2O2. The Hall–Kier alpha value is -0.940. The zero-order valence-corrected chi connectivity index (χ0v) is 8.61. The standard InChI is InChI=1S/C8H9BrN2O2/c1-5(10)7-3-2-6(9)4-8(7)11(12)13/h2-5H,10H2,1H3. The third kappa shape index (κ3) is 2.26. The summed E-state index contributed by atoms with van der Waals surface area (Å²) < 4.78 is 0.684. The molecule has 70 valence electrons. The second kappa shape index (κ2) is 3.85. The van der Waals surface area contributed by atoms with E-state index in [9.17, 15) is 10.1 Å². The average molecular weight is 245 g/mol. The molecule has 1 aromatic carbocycles. The molecule has 4 nitrogen and oxygen atoms in total. The van der Waals surface area contributed by atoms with Crippen LogP contribution in [0, 0.1) is 10.1 Å². The summed E-state index contributed by atoms with van der Waals surface area (Å²) in [6.07, 6.45) is 0. The van der Waals surface area contributed by atoms with Crippen LogP contribution in [0.25, 0.3) is 0 Å². The summed E-state index contributed by atoms with van der Waals surface area (Å²) in [7, 11) is 0. The molecule has 0 amide bonds. The van der Waals surface area contributed by atoms with E-state index >= 15 is 0 Å². The zero-order chi connectivity index (χ0) is 10.0. The normalized spacial score (nSPS) is 12.5. The largest absolute Gasteiger partial charge is 0.324 e. The molecule has 0 aliphatic carbocycles. The highest BCUT2D eigenvalue weighted by molar-refractivity contribution is 9.10. The van der Waals surface area contributed by atoms with E-state index in [0.29, 0.717) is 10.0 Å². The van der Waals surface area contributed by atoms with E-state index in [4.69, 9.17) is 5.73 Å². The van der Waals surface area contributed by atoms with Crippen molar-refractivity contribution >= 4 is 21.6 Å². The van der Waals surface area contributed by atoms with Gasteiger partial charge in [0.2, 0.25) is 0 Å². The molecule has 0 aliphatic rings. The van der Waals surface area contributed by atoms with Gasteiger partial charge in [0.15, 0.2) is 0 Å². The van der Waals surface area contributed by atoms with Crippen molar-refractivity contribution in [3.05, 3.63) is 38.3 Å². The summed E-state index contributed by atoms with van der Waals surface area (Å²) >= 11 is 3.17. The van der Waals surface area contributed by atoms with Crippen LogP contribution in [0.2, 0.25) is 0 Å². The minimum absolute atomic E-state index is 0.0596. The molecule has 5 heteroatoms. The molecule has 0 aliphatic heterocycles. The van der Waals surface area contributed by atoms with Crippen LogP contribution in [0.15, 0.2) is 22.7 Å². The van der Waals surface area contributed by atoms with Crippen molar-refractivity contribution in [1.29, 1.82) is 0 Å². The number of benzene rings is 1.